The number of carbonyl (C=O) groups is 1. The van der Waals surface area contributed by atoms with Crippen LogP contribution in [-0.2, 0) is 4.79 Å². The number of anilines is 1. The molecule has 0 radical (unpaired) electrons. The Kier molecular flexibility index (Phi) is 3.76. The van der Waals surface area contributed by atoms with Crippen LogP contribution >= 0.6 is 0 Å². The van der Waals surface area contributed by atoms with Crippen molar-refractivity contribution in [3.8, 4) is 17.6 Å². The maximum Gasteiger partial charge on any atom is 0.233 e. The van der Waals surface area contributed by atoms with Crippen molar-refractivity contribution in [3.63, 3.8) is 0 Å². The van der Waals surface area contributed by atoms with Crippen LogP contribution in [0.25, 0.3) is 0 Å². The molecule has 3 nitrogen and oxygen atoms in total. The van der Waals surface area contributed by atoms with Gasteiger partial charge in [0.25, 0.3) is 0 Å². The summed E-state index contributed by atoms with van der Waals surface area (Å²) in [7, 11) is 1.79. The number of amides is 1. The molecular weight excluding hydrogens is 250 g/mol. The molecule has 0 fully saturated rings. The van der Waals surface area contributed by atoms with E-state index in [1.807, 2.05) is 25.1 Å². The molecule has 0 aliphatic carbocycles. The van der Waals surface area contributed by atoms with Gasteiger partial charge in [-0.1, -0.05) is 18.8 Å². The van der Waals surface area contributed by atoms with Crippen LogP contribution in [0.2, 0.25) is 0 Å². The monoisotopic (exact) mass is 271 g/mol. The molecule has 1 amide bonds. The van der Waals surface area contributed by atoms with Gasteiger partial charge in [0.1, 0.15) is 5.75 Å². The lowest BCUT2D eigenvalue weighted by Gasteiger charge is -2.18. The van der Waals surface area contributed by atoms with Crippen LogP contribution in [0.5, 0.6) is 5.75 Å². The summed E-state index contributed by atoms with van der Waals surface area (Å²) in [4.78, 5) is 13.8. The predicted molar refractivity (Wildman–Crippen MR) is 80.8 cm³/mol. The third-order valence-electron chi connectivity index (χ3n) is 3.14. The Morgan fingerprint density at radius 2 is 2.05 bits per heavy atom. The molecule has 1 aromatic rings. The van der Waals surface area contributed by atoms with Gasteiger partial charge in [0.05, 0.1) is 18.2 Å². The molecule has 0 aromatic heterocycles. The maximum absolute atomic E-state index is 12.1. The fraction of sp³-hybridized carbons (Fsp3) is 0.471. The van der Waals surface area contributed by atoms with Gasteiger partial charge < -0.3 is 9.64 Å². The Balaban J connectivity index is 2.40. The molecule has 2 rings (SSSR count). The van der Waals surface area contributed by atoms with E-state index in [9.17, 15) is 4.79 Å². The first-order valence-corrected chi connectivity index (χ1v) is 6.85. The highest BCUT2D eigenvalue weighted by molar-refractivity contribution is 5.96. The highest BCUT2D eigenvalue weighted by Crippen LogP contribution is 2.32. The molecule has 106 valence electrons. The smallest absolute Gasteiger partial charge is 0.233 e. The van der Waals surface area contributed by atoms with E-state index in [2.05, 4.69) is 32.6 Å². The van der Waals surface area contributed by atoms with Gasteiger partial charge in [-0.05, 0) is 39.0 Å². The van der Waals surface area contributed by atoms with Crippen LogP contribution in [0.1, 0.15) is 33.3 Å². The van der Waals surface area contributed by atoms with Crippen molar-refractivity contribution < 1.29 is 9.53 Å². The molecule has 1 aliphatic heterocycles. The molecule has 0 unspecified atom stereocenters. The predicted octanol–water partition coefficient (Wildman–Crippen LogP) is 3.08. The lowest BCUT2D eigenvalue weighted by atomic mass is 9.97. The standard InChI is InChI=1S/C17H21NO2/c1-12-11-20-15-7-6-13(8-9-17(2,3)4)10-14(15)18(5)16(12)19/h6-7,10,12H,11H2,1-5H3/t12-/m0/s1. The molecule has 3 heteroatoms. The van der Waals surface area contributed by atoms with Crippen LogP contribution in [0.3, 0.4) is 0 Å². The molecule has 1 aliphatic rings. The SMILES string of the molecule is C[C@H]1COc2ccc(C#CC(C)(C)C)cc2N(C)C1=O. The summed E-state index contributed by atoms with van der Waals surface area (Å²) < 4.78 is 5.69. The molecule has 0 bridgehead atoms. The van der Waals surface area contributed by atoms with E-state index < -0.39 is 0 Å². The fourth-order valence-corrected chi connectivity index (χ4v) is 1.97. The zero-order valence-corrected chi connectivity index (χ0v) is 12.8. The minimum Gasteiger partial charge on any atom is -0.491 e. The molecule has 0 saturated carbocycles. The zero-order valence-electron chi connectivity index (χ0n) is 12.8. The molecule has 0 spiro atoms. The summed E-state index contributed by atoms with van der Waals surface area (Å²) in [6.07, 6.45) is 0. The lowest BCUT2D eigenvalue weighted by molar-refractivity contribution is -0.122. The van der Waals surface area contributed by atoms with E-state index in [0.717, 1.165) is 17.0 Å². The van der Waals surface area contributed by atoms with Gasteiger partial charge in [0.15, 0.2) is 0 Å². The second kappa shape index (κ2) is 5.20. The highest BCUT2D eigenvalue weighted by atomic mass is 16.5. The molecule has 0 saturated heterocycles. The van der Waals surface area contributed by atoms with Gasteiger partial charge in [0, 0.05) is 18.0 Å². The van der Waals surface area contributed by atoms with Crippen molar-refractivity contribution in [2.24, 2.45) is 11.3 Å². The van der Waals surface area contributed by atoms with Crippen molar-refractivity contribution in [1.29, 1.82) is 0 Å². The first-order valence-electron chi connectivity index (χ1n) is 6.85. The molecule has 1 aromatic carbocycles. The number of fused-ring (bicyclic) bond motifs is 1. The van der Waals surface area contributed by atoms with Crippen LogP contribution in [0.15, 0.2) is 18.2 Å². The van der Waals surface area contributed by atoms with E-state index in [1.54, 1.807) is 11.9 Å². The highest BCUT2D eigenvalue weighted by Gasteiger charge is 2.25. The minimum atomic E-state index is -0.128. The normalized spacial score (nSPS) is 18.6. The fourth-order valence-electron chi connectivity index (χ4n) is 1.97. The van der Waals surface area contributed by atoms with Crippen molar-refractivity contribution >= 4 is 11.6 Å². The minimum absolute atomic E-state index is 0.0421. The number of rotatable bonds is 0. The number of nitrogens with zero attached hydrogens (tertiary/aromatic N) is 1. The summed E-state index contributed by atoms with van der Waals surface area (Å²) in [5.41, 5.74) is 1.65. The van der Waals surface area contributed by atoms with Crippen LogP contribution in [0.4, 0.5) is 5.69 Å². The van der Waals surface area contributed by atoms with E-state index in [0.29, 0.717) is 6.61 Å². The maximum atomic E-state index is 12.1. The van der Waals surface area contributed by atoms with Gasteiger partial charge >= 0.3 is 0 Å². The Bertz CT molecular complexity index is 587. The third-order valence-corrected chi connectivity index (χ3v) is 3.14. The molecule has 20 heavy (non-hydrogen) atoms. The molecular formula is C17H21NO2. The average molecular weight is 271 g/mol. The molecule has 1 atom stereocenters. The van der Waals surface area contributed by atoms with Crippen molar-refractivity contribution in [2.45, 2.75) is 27.7 Å². The number of carbonyl (C=O) groups excluding carboxylic acids is 1. The number of benzene rings is 1. The van der Waals surface area contributed by atoms with Gasteiger partial charge in [0.2, 0.25) is 5.91 Å². The van der Waals surface area contributed by atoms with Gasteiger partial charge in [-0.3, -0.25) is 4.79 Å². The van der Waals surface area contributed by atoms with Gasteiger partial charge in [-0.2, -0.15) is 0 Å². The van der Waals surface area contributed by atoms with Gasteiger partial charge in [-0.15, -0.1) is 0 Å². The van der Waals surface area contributed by atoms with E-state index in [1.165, 1.54) is 0 Å². The first kappa shape index (κ1) is 14.5. The Labute approximate surface area is 120 Å². The lowest BCUT2D eigenvalue weighted by Crippen LogP contribution is -2.31. The number of hydrogen-bond acceptors (Lipinski definition) is 2. The zero-order chi connectivity index (χ0) is 14.9. The topological polar surface area (TPSA) is 29.5 Å². The Morgan fingerprint density at radius 3 is 2.70 bits per heavy atom. The summed E-state index contributed by atoms with van der Waals surface area (Å²) in [5.74, 6) is 7.05. The molecule has 0 N–H and O–H groups in total. The van der Waals surface area contributed by atoms with Crippen LogP contribution in [0, 0.1) is 23.2 Å². The average Bonchev–Trinajstić information content (AvgIpc) is 2.49. The Hall–Kier alpha value is -1.95. The first-order chi connectivity index (χ1) is 9.28. The largest absolute Gasteiger partial charge is 0.491 e. The van der Waals surface area contributed by atoms with Crippen molar-refractivity contribution in [3.05, 3.63) is 23.8 Å². The second-order valence-corrected chi connectivity index (χ2v) is 6.29. The summed E-state index contributed by atoms with van der Waals surface area (Å²) in [6.45, 7) is 8.52. The molecule has 1 heterocycles. The summed E-state index contributed by atoms with van der Waals surface area (Å²) in [5, 5.41) is 0. The summed E-state index contributed by atoms with van der Waals surface area (Å²) in [6, 6.07) is 5.75. The van der Waals surface area contributed by atoms with Gasteiger partial charge in [-0.25, -0.2) is 0 Å². The van der Waals surface area contributed by atoms with Crippen LogP contribution < -0.4 is 9.64 Å². The third kappa shape index (κ3) is 3.14. The summed E-state index contributed by atoms with van der Waals surface area (Å²) >= 11 is 0. The van der Waals surface area contributed by atoms with Crippen molar-refractivity contribution in [1.82, 2.24) is 0 Å². The van der Waals surface area contributed by atoms with Crippen molar-refractivity contribution in [2.75, 3.05) is 18.6 Å². The second-order valence-electron chi connectivity index (χ2n) is 6.29. The quantitative estimate of drug-likeness (QED) is 0.679. The number of hydrogen-bond donors (Lipinski definition) is 0. The van der Waals surface area contributed by atoms with E-state index in [-0.39, 0.29) is 17.2 Å². The Morgan fingerprint density at radius 1 is 1.35 bits per heavy atom. The number of ether oxygens (including phenoxy) is 1. The van der Waals surface area contributed by atoms with E-state index >= 15 is 0 Å². The van der Waals surface area contributed by atoms with E-state index in [4.69, 9.17) is 4.74 Å². The van der Waals surface area contributed by atoms with Crippen LogP contribution in [-0.4, -0.2) is 19.6 Å².